The number of likely N-dealkylation sites (tertiary alicyclic amines) is 1. The standard InChI is InChI=1S/C12H14N4O5S.Na/c17-11-10-9(16(11)22(19,20)21)4-6-15(10)12(18)14-7-8-3-1-2-5-13-8;/h1-3,5,9-10H,4,6-7H2,(H,14,18)(H,19,20,21);/q;+1/p-1/t9-,10+;/m1./s1. The monoisotopic (exact) mass is 348 g/mol. The minimum Gasteiger partial charge on any atom is -0.731 e. The molecule has 3 heterocycles. The summed E-state index contributed by atoms with van der Waals surface area (Å²) >= 11 is 0. The summed E-state index contributed by atoms with van der Waals surface area (Å²) in [6.45, 7) is 0.423. The maximum absolute atomic E-state index is 12.1. The number of urea groups is 1. The molecule has 3 amide bonds. The third-order valence-electron chi connectivity index (χ3n) is 3.79. The summed E-state index contributed by atoms with van der Waals surface area (Å²) in [5.74, 6) is -0.842. The van der Waals surface area contributed by atoms with Crippen LogP contribution >= 0.6 is 0 Å². The third kappa shape index (κ3) is 3.36. The predicted octanol–water partition coefficient (Wildman–Crippen LogP) is -3.96. The Morgan fingerprint density at radius 2 is 2.17 bits per heavy atom. The van der Waals surface area contributed by atoms with Crippen molar-refractivity contribution in [1.29, 1.82) is 0 Å². The topological polar surface area (TPSA) is 123 Å². The van der Waals surface area contributed by atoms with Gasteiger partial charge in [0.15, 0.2) is 10.3 Å². The first-order valence-electron chi connectivity index (χ1n) is 6.63. The Kier molecular flexibility index (Phi) is 5.31. The molecular weight excluding hydrogens is 335 g/mol. The molecule has 1 N–H and O–H groups in total. The van der Waals surface area contributed by atoms with Gasteiger partial charge in [-0.15, -0.1) is 0 Å². The molecule has 2 atom stereocenters. The van der Waals surface area contributed by atoms with Crippen LogP contribution in [0.1, 0.15) is 12.1 Å². The number of nitrogens with one attached hydrogen (secondary N) is 1. The molecule has 0 bridgehead atoms. The second-order valence-electron chi connectivity index (χ2n) is 5.07. The molecule has 118 valence electrons. The van der Waals surface area contributed by atoms with Gasteiger partial charge in [0, 0.05) is 12.7 Å². The van der Waals surface area contributed by atoms with Crippen LogP contribution in [0.25, 0.3) is 0 Å². The number of pyridine rings is 1. The first-order chi connectivity index (χ1) is 10.4. The van der Waals surface area contributed by atoms with E-state index in [1.807, 2.05) is 0 Å². The number of β-lactam (4-membered cyclic amide) rings is 1. The van der Waals surface area contributed by atoms with Crippen molar-refractivity contribution in [3.8, 4) is 0 Å². The maximum Gasteiger partial charge on any atom is 1.00 e. The van der Waals surface area contributed by atoms with Gasteiger partial charge in [0.05, 0.1) is 18.3 Å². The Morgan fingerprint density at radius 3 is 2.78 bits per heavy atom. The van der Waals surface area contributed by atoms with E-state index in [9.17, 15) is 22.6 Å². The van der Waals surface area contributed by atoms with Crippen LogP contribution < -0.4 is 34.9 Å². The van der Waals surface area contributed by atoms with Crippen LogP contribution in [0.2, 0.25) is 0 Å². The third-order valence-corrected chi connectivity index (χ3v) is 4.72. The van der Waals surface area contributed by atoms with E-state index in [2.05, 4.69) is 10.3 Å². The molecule has 2 aliphatic heterocycles. The van der Waals surface area contributed by atoms with Crippen LogP contribution in [-0.4, -0.2) is 57.7 Å². The van der Waals surface area contributed by atoms with E-state index < -0.39 is 34.3 Å². The Bertz CT molecular complexity index is 713. The van der Waals surface area contributed by atoms with E-state index in [4.69, 9.17) is 0 Å². The molecule has 1 aromatic heterocycles. The number of aromatic nitrogens is 1. The van der Waals surface area contributed by atoms with Crippen LogP contribution in [0.5, 0.6) is 0 Å². The molecule has 3 rings (SSSR count). The SMILES string of the molecule is O=C(NCc1ccccn1)N1CC[C@@H]2[C@H]1C(=O)N2S(=O)(=O)[O-].[Na+]. The number of hydrogen-bond acceptors (Lipinski definition) is 6. The average Bonchev–Trinajstić information content (AvgIpc) is 2.83. The zero-order chi connectivity index (χ0) is 15.9. The number of hydrogen-bond donors (Lipinski definition) is 1. The van der Waals surface area contributed by atoms with Crippen molar-refractivity contribution in [2.45, 2.75) is 25.0 Å². The molecule has 0 unspecified atom stereocenters. The molecule has 0 radical (unpaired) electrons. The van der Waals surface area contributed by atoms with E-state index in [0.29, 0.717) is 10.00 Å². The molecule has 2 aliphatic rings. The molecule has 0 aromatic carbocycles. The molecule has 0 aliphatic carbocycles. The van der Waals surface area contributed by atoms with E-state index in [-0.39, 0.29) is 49.1 Å². The van der Waals surface area contributed by atoms with Crippen LogP contribution in [-0.2, 0) is 21.6 Å². The van der Waals surface area contributed by atoms with Gasteiger partial charge >= 0.3 is 35.6 Å². The first kappa shape index (κ1) is 18.1. The zero-order valence-corrected chi connectivity index (χ0v) is 15.2. The Hall–Kier alpha value is -1.20. The number of nitrogens with zero attached hydrogens (tertiary/aromatic N) is 3. The van der Waals surface area contributed by atoms with Crippen molar-refractivity contribution in [3.63, 3.8) is 0 Å². The largest absolute Gasteiger partial charge is 1.00 e. The fourth-order valence-electron chi connectivity index (χ4n) is 2.81. The van der Waals surface area contributed by atoms with Gasteiger partial charge in [0.1, 0.15) is 6.04 Å². The number of amides is 3. The van der Waals surface area contributed by atoms with Crippen LogP contribution in [0.4, 0.5) is 4.79 Å². The van der Waals surface area contributed by atoms with Crippen LogP contribution in [0, 0.1) is 0 Å². The Labute approximate surface area is 155 Å². The fraction of sp³-hybridized carbons (Fsp3) is 0.417. The molecular formula is C12H13N4NaO5S. The number of carbonyl (C=O) groups is 2. The van der Waals surface area contributed by atoms with Gasteiger partial charge < -0.3 is 14.8 Å². The summed E-state index contributed by atoms with van der Waals surface area (Å²) in [6.07, 6.45) is 1.87. The van der Waals surface area contributed by atoms with Crippen molar-refractivity contribution >= 4 is 22.2 Å². The summed E-state index contributed by atoms with van der Waals surface area (Å²) in [7, 11) is -4.81. The molecule has 0 saturated carbocycles. The van der Waals surface area contributed by atoms with Crippen molar-refractivity contribution in [2.75, 3.05) is 6.54 Å². The van der Waals surface area contributed by atoms with Gasteiger partial charge in [-0.1, -0.05) is 6.07 Å². The summed E-state index contributed by atoms with van der Waals surface area (Å²) < 4.78 is 33.3. The molecule has 1 aromatic rings. The van der Waals surface area contributed by atoms with E-state index in [1.165, 1.54) is 4.90 Å². The molecule has 2 saturated heterocycles. The Morgan fingerprint density at radius 1 is 1.43 bits per heavy atom. The molecule has 2 fully saturated rings. The van der Waals surface area contributed by atoms with Crippen molar-refractivity contribution < 1.29 is 52.1 Å². The normalized spacial score (nSPS) is 22.9. The fourth-order valence-corrected chi connectivity index (χ4v) is 3.69. The smallest absolute Gasteiger partial charge is 0.731 e. The van der Waals surface area contributed by atoms with Gasteiger partial charge in [0.2, 0.25) is 0 Å². The zero-order valence-electron chi connectivity index (χ0n) is 12.4. The maximum atomic E-state index is 12.1. The minimum atomic E-state index is -4.81. The second-order valence-corrected chi connectivity index (χ2v) is 6.31. The minimum absolute atomic E-state index is 0. The summed E-state index contributed by atoms with van der Waals surface area (Å²) in [5, 5.41) is 2.63. The Balaban J connectivity index is 0.00000192. The predicted molar refractivity (Wildman–Crippen MR) is 71.9 cm³/mol. The van der Waals surface area contributed by atoms with E-state index in [1.54, 1.807) is 24.4 Å². The van der Waals surface area contributed by atoms with E-state index >= 15 is 0 Å². The van der Waals surface area contributed by atoms with Crippen molar-refractivity contribution in [1.82, 2.24) is 19.5 Å². The van der Waals surface area contributed by atoms with Gasteiger partial charge in [-0.3, -0.25) is 9.78 Å². The van der Waals surface area contributed by atoms with Crippen molar-refractivity contribution in [3.05, 3.63) is 30.1 Å². The van der Waals surface area contributed by atoms with Gasteiger partial charge in [0.25, 0.3) is 5.91 Å². The molecule has 0 spiro atoms. The summed E-state index contributed by atoms with van der Waals surface area (Å²) in [6, 6.07) is 3.19. The van der Waals surface area contributed by atoms with Crippen molar-refractivity contribution in [2.24, 2.45) is 0 Å². The molecule has 9 nitrogen and oxygen atoms in total. The van der Waals surface area contributed by atoms with Crippen LogP contribution in [0.3, 0.4) is 0 Å². The summed E-state index contributed by atoms with van der Waals surface area (Å²) in [4.78, 5) is 29.2. The molecule has 23 heavy (non-hydrogen) atoms. The number of fused-ring (bicyclic) bond motifs is 1. The number of carbonyl (C=O) groups excluding carboxylic acids is 2. The molecule has 11 heteroatoms. The van der Waals surface area contributed by atoms with Gasteiger partial charge in [-0.2, -0.15) is 0 Å². The first-order valence-corrected chi connectivity index (χ1v) is 7.99. The second kappa shape index (κ2) is 6.73. The quantitative estimate of drug-likeness (QED) is 0.338. The van der Waals surface area contributed by atoms with Gasteiger partial charge in [-0.05, 0) is 18.6 Å². The average molecular weight is 348 g/mol. The van der Waals surface area contributed by atoms with E-state index in [0.717, 1.165) is 0 Å². The van der Waals surface area contributed by atoms with Gasteiger partial charge in [-0.25, -0.2) is 17.5 Å². The van der Waals surface area contributed by atoms with Crippen LogP contribution in [0.15, 0.2) is 24.4 Å². The summed E-state index contributed by atoms with van der Waals surface area (Å²) in [5.41, 5.74) is 0.662. The number of rotatable bonds is 3.